The van der Waals surface area contributed by atoms with Gasteiger partial charge in [-0.2, -0.15) is 0 Å². The molecule has 0 aliphatic rings. The Bertz CT molecular complexity index is 223. The van der Waals surface area contributed by atoms with Crippen LogP contribution >= 0.6 is 12.4 Å². The Morgan fingerprint density at radius 1 is 1.00 bits per heavy atom. The van der Waals surface area contributed by atoms with E-state index in [0.717, 1.165) is 0 Å². The molecule has 0 amide bonds. The van der Waals surface area contributed by atoms with Gasteiger partial charge in [0.25, 0.3) is 0 Å². The molecular formula is C6H10ClN4Na. The van der Waals surface area contributed by atoms with Gasteiger partial charge in [-0.3, -0.25) is 4.98 Å². The van der Waals surface area contributed by atoms with Crippen molar-refractivity contribution in [2.24, 2.45) is 0 Å². The van der Waals surface area contributed by atoms with Gasteiger partial charge in [-0.25, -0.2) is 0 Å². The van der Waals surface area contributed by atoms with Crippen molar-refractivity contribution in [3.05, 3.63) is 17.0 Å². The Balaban J connectivity index is 0. The first-order valence-corrected chi connectivity index (χ1v) is 3.01. The molecule has 0 unspecified atom stereocenters. The Hall–Kier alpha value is 0.1000. The van der Waals surface area contributed by atoms with E-state index in [1.165, 1.54) is 0 Å². The van der Waals surface area contributed by atoms with Crippen LogP contribution in [0.1, 0.15) is 11.6 Å². The SMILES string of the molecule is C[N-]c1nc(C)nc(C)n1.Cl.[Na+]. The number of hydrogen-bond donors (Lipinski definition) is 0. The van der Waals surface area contributed by atoms with Crippen LogP contribution in [-0.2, 0) is 0 Å². The summed E-state index contributed by atoms with van der Waals surface area (Å²) in [5.74, 6) is 1.94. The summed E-state index contributed by atoms with van der Waals surface area (Å²) in [5, 5.41) is 3.83. The third kappa shape index (κ3) is 4.21. The van der Waals surface area contributed by atoms with Gasteiger partial charge in [0.05, 0.1) is 11.6 Å². The van der Waals surface area contributed by atoms with Gasteiger partial charge in [0.2, 0.25) is 0 Å². The molecule has 62 valence electrons. The van der Waals surface area contributed by atoms with E-state index in [9.17, 15) is 0 Å². The van der Waals surface area contributed by atoms with Crippen LogP contribution in [-0.4, -0.2) is 22.0 Å². The summed E-state index contributed by atoms with van der Waals surface area (Å²) in [6, 6.07) is 0. The first kappa shape index (κ1) is 14.6. The number of halogens is 1. The summed E-state index contributed by atoms with van der Waals surface area (Å²) in [4.78, 5) is 11.9. The molecule has 0 saturated heterocycles. The molecule has 1 rings (SSSR count). The fraction of sp³-hybridized carbons (Fsp3) is 0.500. The Morgan fingerprint density at radius 2 is 1.42 bits per heavy atom. The predicted octanol–water partition coefficient (Wildman–Crippen LogP) is -1.45. The number of aromatic nitrogens is 3. The van der Waals surface area contributed by atoms with Crippen LogP contribution in [0.15, 0.2) is 0 Å². The van der Waals surface area contributed by atoms with Crippen LogP contribution in [0, 0.1) is 13.8 Å². The zero-order valence-electron chi connectivity index (χ0n) is 7.70. The van der Waals surface area contributed by atoms with Crippen molar-refractivity contribution < 1.29 is 29.6 Å². The van der Waals surface area contributed by atoms with Crippen LogP contribution < -0.4 is 29.6 Å². The largest absolute Gasteiger partial charge is 1.00 e. The monoisotopic (exact) mass is 196 g/mol. The summed E-state index contributed by atoms with van der Waals surface area (Å²) in [6.45, 7) is 3.65. The minimum Gasteiger partial charge on any atom is -0.397 e. The smallest absolute Gasteiger partial charge is 0.397 e. The summed E-state index contributed by atoms with van der Waals surface area (Å²) in [6.07, 6.45) is 0. The normalized spacial score (nSPS) is 7.92. The molecule has 0 radical (unpaired) electrons. The first-order valence-electron chi connectivity index (χ1n) is 3.01. The van der Waals surface area contributed by atoms with Crippen molar-refractivity contribution in [1.29, 1.82) is 0 Å². The molecule has 1 aromatic heterocycles. The van der Waals surface area contributed by atoms with E-state index < -0.39 is 0 Å². The molecule has 0 aliphatic carbocycles. The van der Waals surface area contributed by atoms with Gasteiger partial charge in [-0.1, -0.05) is 0 Å². The molecule has 0 fully saturated rings. The molecule has 1 heterocycles. The maximum absolute atomic E-state index is 4.00. The number of nitrogens with zero attached hydrogens (tertiary/aromatic N) is 4. The Kier molecular flexibility index (Phi) is 8.04. The van der Waals surface area contributed by atoms with E-state index in [4.69, 9.17) is 0 Å². The molecule has 0 aromatic carbocycles. The van der Waals surface area contributed by atoms with Crippen LogP contribution in [0.4, 0.5) is 5.95 Å². The maximum Gasteiger partial charge on any atom is 1.00 e. The number of hydrogen-bond acceptors (Lipinski definition) is 3. The second-order valence-corrected chi connectivity index (χ2v) is 1.95. The summed E-state index contributed by atoms with van der Waals surface area (Å²) in [5.41, 5.74) is 0. The van der Waals surface area contributed by atoms with Crippen LogP contribution in [0.2, 0.25) is 0 Å². The van der Waals surface area contributed by atoms with Gasteiger partial charge >= 0.3 is 29.6 Å². The quantitative estimate of drug-likeness (QED) is 0.517. The second-order valence-electron chi connectivity index (χ2n) is 1.95. The molecule has 12 heavy (non-hydrogen) atoms. The third-order valence-corrected chi connectivity index (χ3v) is 1.05. The number of rotatable bonds is 1. The third-order valence-electron chi connectivity index (χ3n) is 1.05. The Morgan fingerprint density at radius 3 is 1.75 bits per heavy atom. The Labute approximate surface area is 100 Å². The zero-order valence-corrected chi connectivity index (χ0v) is 10.5. The topological polar surface area (TPSA) is 52.8 Å². The molecule has 0 atom stereocenters. The van der Waals surface area contributed by atoms with E-state index in [2.05, 4.69) is 20.3 Å². The van der Waals surface area contributed by atoms with Crippen molar-refractivity contribution in [2.75, 3.05) is 7.05 Å². The molecular weight excluding hydrogens is 187 g/mol. The van der Waals surface area contributed by atoms with Gasteiger partial charge in [0.15, 0.2) is 0 Å². The summed E-state index contributed by atoms with van der Waals surface area (Å²) < 4.78 is 0. The van der Waals surface area contributed by atoms with Crippen LogP contribution in [0.25, 0.3) is 5.32 Å². The minimum atomic E-state index is 0. The van der Waals surface area contributed by atoms with Gasteiger partial charge in [-0.15, -0.1) is 12.4 Å². The molecule has 0 bridgehead atoms. The van der Waals surface area contributed by atoms with Crippen molar-refractivity contribution in [2.45, 2.75) is 13.8 Å². The van der Waals surface area contributed by atoms with E-state index in [0.29, 0.717) is 17.6 Å². The molecule has 0 N–H and O–H groups in total. The minimum absolute atomic E-state index is 0. The van der Waals surface area contributed by atoms with E-state index >= 15 is 0 Å². The summed E-state index contributed by atoms with van der Waals surface area (Å²) >= 11 is 0. The van der Waals surface area contributed by atoms with Gasteiger partial charge in [-0.05, 0) is 20.9 Å². The second kappa shape index (κ2) is 6.60. The zero-order chi connectivity index (χ0) is 7.56. The van der Waals surface area contributed by atoms with Crippen LogP contribution in [0.5, 0.6) is 0 Å². The molecule has 0 aliphatic heterocycles. The van der Waals surface area contributed by atoms with E-state index in [1.54, 1.807) is 7.05 Å². The van der Waals surface area contributed by atoms with Crippen molar-refractivity contribution in [3.63, 3.8) is 0 Å². The average Bonchev–Trinajstić information content (AvgIpc) is 1.85. The molecule has 1 aromatic rings. The molecule has 4 nitrogen and oxygen atoms in total. The van der Waals surface area contributed by atoms with Gasteiger partial charge in [0, 0.05) is 5.95 Å². The molecule has 6 heteroatoms. The summed E-state index contributed by atoms with van der Waals surface area (Å²) in [7, 11) is 1.66. The van der Waals surface area contributed by atoms with Gasteiger partial charge < -0.3 is 15.3 Å². The van der Waals surface area contributed by atoms with E-state index in [-0.39, 0.29) is 42.0 Å². The van der Waals surface area contributed by atoms with Crippen molar-refractivity contribution in [3.8, 4) is 0 Å². The van der Waals surface area contributed by atoms with Crippen LogP contribution in [0.3, 0.4) is 0 Å². The van der Waals surface area contributed by atoms with E-state index in [1.807, 2.05) is 13.8 Å². The standard InChI is InChI=1S/C6H9N4.ClH.Na/c1-4-8-5(2)10-6(7-3)9-4;;/h1-3H3;1H;/q-1;;+1. The number of aryl methyl sites for hydroxylation is 2. The predicted molar refractivity (Wildman–Crippen MR) is 45.5 cm³/mol. The molecule has 0 spiro atoms. The first-order chi connectivity index (χ1) is 4.72. The van der Waals surface area contributed by atoms with Crippen molar-refractivity contribution >= 4 is 18.4 Å². The fourth-order valence-corrected chi connectivity index (χ4v) is 0.699. The average molecular weight is 197 g/mol. The molecule has 0 saturated carbocycles. The maximum atomic E-state index is 4.00. The fourth-order valence-electron chi connectivity index (χ4n) is 0.699. The van der Waals surface area contributed by atoms with Crippen molar-refractivity contribution in [1.82, 2.24) is 15.0 Å². The van der Waals surface area contributed by atoms with Gasteiger partial charge in [0.1, 0.15) is 0 Å².